The molecule has 0 bridgehead atoms. The lowest BCUT2D eigenvalue weighted by atomic mass is 9.78. The highest BCUT2D eigenvalue weighted by Gasteiger charge is 2.42. The number of rotatable bonds is 4. The molecule has 3 aliphatic rings. The van der Waals surface area contributed by atoms with E-state index in [0.717, 1.165) is 24.8 Å². The van der Waals surface area contributed by atoms with Crippen LogP contribution in [0.5, 0.6) is 0 Å². The molecule has 0 amide bonds. The van der Waals surface area contributed by atoms with E-state index in [1.807, 2.05) is 7.05 Å². The Balaban J connectivity index is 1.67. The van der Waals surface area contributed by atoms with Gasteiger partial charge in [0.1, 0.15) is 0 Å². The Bertz CT molecular complexity index is 310. The molecule has 2 saturated carbocycles. The second-order valence-electron chi connectivity index (χ2n) is 7.43. The van der Waals surface area contributed by atoms with E-state index in [1.165, 1.54) is 57.9 Å². The summed E-state index contributed by atoms with van der Waals surface area (Å²) >= 11 is 0. The van der Waals surface area contributed by atoms with Gasteiger partial charge in [0.05, 0.1) is 6.61 Å². The molecule has 1 heterocycles. The molecule has 0 aromatic heterocycles. The van der Waals surface area contributed by atoms with Crippen LogP contribution in [0.3, 0.4) is 0 Å². The average Bonchev–Trinajstić information content (AvgIpc) is 3.17. The van der Waals surface area contributed by atoms with E-state index >= 15 is 0 Å². The molecule has 0 radical (unpaired) electrons. The maximum Gasteiger partial charge on any atom is 0.0613 e. The lowest BCUT2D eigenvalue weighted by Gasteiger charge is -2.45. The van der Waals surface area contributed by atoms with Gasteiger partial charge in [0.15, 0.2) is 0 Å². The highest BCUT2D eigenvalue weighted by Crippen LogP contribution is 2.40. The molecule has 0 aromatic carbocycles. The minimum atomic E-state index is -0.00820. The van der Waals surface area contributed by atoms with E-state index in [0.29, 0.717) is 12.6 Å². The van der Waals surface area contributed by atoms with Gasteiger partial charge in [-0.1, -0.05) is 12.8 Å². The predicted molar refractivity (Wildman–Crippen MR) is 82.8 cm³/mol. The molecule has 1 saturated heterocycles. The second-order valence-corrected chi connectivity index (χ2v) is 7.43. The summed E-state index contributed by atoms with van der Waals surface area (Å²) in [6, 6.07) is 1.56. The van der Waals surface area contributed by atoms with E-state index < -0.39 is 0 Å². The smallest absolute Gasteiger partial charge is 0.0613 e. The van der Waals surface area contributed by atoms with E-state index in [2.05, 4.69) is 10.2 Å². The van der Waals surface area contributed by atoms with Gasteiger partial charge in [-0.3, -0.25) is 4.90 Å². The normalized spacial score (nSPS) is 40.5. The number of nitrogens with one attached hydrogen (secondary N) is 1. The molecule has 3 atom stereocenters. The molecule has 3 nitrogen and oxygen atoms in total. The first-order chi connectivity index (χ1) is 9.78. The van der Waals surface area contributed by atoms with Crippen molar-refractivity contribution >= 4 is 0 Å². The Kier molecular flexibility index (Phi) is 4.68. The highest BCUT2D eigenvalue weighted by molar-refractivity contribution is 4.99. The Morgan fingerprint density at radius 3 is 2.60 bits per heavy atom. The van der Waals surface area contributed by atoms with Crippen molar-refractivity contribution in [3.05, 3.63) is 0 Å². The molecule has 0 aromatic rings. The summed E-state index contributed by atoms with van der Waals surface area (Å²) in [5.41, 5.74) is -0.00820. The first kappa shape index (κ1) is 14.8. The number of hydrogen-bond donors (Lipinski definition) is 2. The topological polar surface area (TPSA) is 35.5 Å². The standard InChI is InChI=1S/C17H32N2O/c1-18-17(13-20)10-4-8-15(12-17)19-11-5-9-16(19)14-6-2-3-7-14/h14-16,18,20H,2-13H2,1H3. The monoisotopic (exact) mass is 280 g/mol. The van der Waals surface area contributed by atoms with Gasteiger partial charge in [-0.05, 0) is 70.9 Å². The van der Waals surface area contributed by atoms with E-state index in [4.69, 9.17) is 0 Å². The summed E-state index contributed by atoms with van der Waals surface area (Å²) in [6.07, 6.45) is 13.5. The number of hydrogen-bond acceptors (Lipinski definition) is 3. The van der Waals surface area contributed by atoms with Gasteiger partial charge in [0, 0.05) is 17.6 Å². The number of aliphatic hydroxyl groups excluding tert-OH is 1. The molecular weight excluding hydrogens is 248 g/mol. The maximum absolute atomic E-state index is 9.80. The van der Waals surface area contributed by atoms with Crippen LogP contribution in [0.25, 0.3) is 0 Å². The third-order valence-corrected chi connectivity index (χ3v) is 6.41. The Labute approximate surface area is 124 Å². The van der Waals surface area contributed by atoms with Crippen LogP contribution in [0.4, 0.5) is 0 Å². The number of nitrogens with zero attached hydrogens (tertiary/aromatic N) is 1. The molecule has 2 aliphatic carbocycles. The fourth-order valence-electron chi connectivity index (χ4n) is 5.18. The van der Waals surface area contributed by atoms with Crippen molar-refractivity contribution in [2.45, 2.75) is 81.8 Å². The largest absolute Gasteiger partial charge is 0.394 e. The van der Waals surface area contributed by atoms with Crippen LogP contribution in [-0.4, -0.2) is 47.8 Å². The summed E-state index contributed by atoms with van der Waals surface area (Å²) in [5.74, 6) is 0.970. The SMILES string of the molecule is CNC1(CO)CCCC(N2CCCC2C2CCCC2)C1. The fraction of sp³-hybridized carbons (Fsp3) is 1.00. The molecule has 1 aliphatic heterocycles. The zero-order valence-corrected chi connectivity index (χ0v) is 13.1. The first-order valence-electron chi connectivity index (χ1n) is 8.83. The van der Waals surface area contributed by atoms with Crippen molar-refractivity contribution in [2.75, 3.05) is 20.2 Å². The molecule has 3 unspecified atom stereocenters. The van der Waals surface area contributed by atoms with Gasteiger partial charge in [0.2, 0.25) is 0 Å². The molecule has 0 spiro atoms. The van der Waals surface area contributed by atoms with Crippen LogP contribution in [0, 0.1) is 5.92 Å². The molecule has 20 heavy (non-hydrogen) atoms. The lowest BCUT2D eigenvalue weighted by molar-refractivity contribution is 0.0453. The highest BCUT2D eigenvalue weighted by atomic mass is 16.3. The van der Waals surface area contributed by atoms with Gasteiger partial charge < -0.3 is 10.4 Å². The number of likely N-dealkylation sites (tertiary alicyclic amines) is 1. The summed E-state index contributed by atoms with van der Waals surface area (Å²) in [5, 5.41) is 13.2. The van der Waals surface area contributed by atoms with Crippen molar-refractivity contribution < 1.29 is 5.11 Å². The van der Waals surface area contributed by atoms with Gasteiger partial charge in [-0.25, -0.2) is 0 Å². The molecular formula is C17H32N2O. The second kappa shape index (κ2) is 6.33. The molecule has 3 fully saturated rings. The zero-order valence-electron chi connectivity index (χ0n) is 13.1. The number of aliphatic hydroxyl groups is 1. The molecule has 3 rings (SSSR count). The minimum Gasteiger partial charge on any atom is -0.394 e. The maximum atomic E-state index is 9.80. The van der Waals surface area contributed by atoms with Crippen LogP contribution < -0.4 is 5.32 Å². The van der Waals surface area contributed by atoms with Crippen LogP contribution >= 0.6 is 0 Å². The van der Waals surface area contributed by atoms with Crippen molar-refractivity contribution in [3.8, 4) is 0 Å². The fourth-order valence-corrected chi connectivity index (χ4v) is 5.18. The van der Waals surface area contributed by atoms with E-state index in [1.54, 1.807) is 0 Å². The summed E-state index contributed by atoms with van der Waals surface area (Å²) in [4.78, 5) is 2.84. The summed E-state index contributed by atoms with van der Waals surface area (Å²) in [7, 11) is 2.02. The number of likely N-dealkylation sites (N-methyl/N-ethyl adjacent to an activating group) is 1. The Hall–Kier alpha value is -0.120. The Morgan fingerprint density at radius 1 is 1.10 bits per heavy atom. The average molecular weight is 280 g/mol. The van der Waals surface area contributed by atoms with Gasteiger partial charge in [-0.15, -0.1) is 0 Å². The van der Waals surface area contributed by atoms with Crippen LogP contribution in [0.2, 0.25) is 0 Å². The summed E-state index contributed by atoms with van der Waals surface area (Å²) < 4.78 is 0. The van der Waals surface area contributed by atoms with Gasteiger partial charge in [0.25, 0.3) is 0 Å². The van der Waals surface area contributed by atoms with Crippen LogP contribution in [-0.2, 0) is 0 Å². The van der Waals surface area contributed by atoms with E-state index in [-0.39, 0.29) is 5.54 Å². The molecule has 2 N–H and O–H groups in total. The lowest BCUT2D eigenvalue weighted by Crippen LogP contribution is -2.55. The van der Waals surface area contributed by atoms with Crippen LogP contribution in [0.1, 0.15) is 64.2 Å². The van der Waals surface area contributed by atoms with E-state index in [9.17, 15) is 5.11 Å². The zero-order chi connectivity index (χ0) is 14.0. The van der Waals surface area contributed by atoms with Crippen molar-refractivity contribution in [3.63, 3.8) is 0 Å². The van der Waals surface area contributed by atoms with Gasteiger partial charge in [-0.2, -0.15) is 0 Å². The molecule has 116 valence electrons. The minimum absolute atomic E-state index is 0.00820. The van der Waals surface area contributed by atoms with Crippen molar-refractivity contribution in [1.29, 1.82) is 0 Å². The van der Waals surface area contributed by atoms with Gasteiger partial charge >= 0.3 is 0 Å². The van der Waals surface area contributed by atoms with Crippen LogP contribution in [0.15, 0.2) is 0 Å². The summed E-state index contributed by atoms with van der Waals surface area (Å²) in [6.45, 7) is 1.60. The predicted octanol–water partition coefficient (Wildman–Crippen LogP) is 2.53. The Morgan fingerprint density at radius 2 is 1.90 bits per heavy atom. The first-order valence-corrected chi connectivity index (χ1v) is 8.83. The molecule has 3 heteroatoms. The van der Waals surface area contributed by atoms with Crippen molar-refractivity contribution in [2.24, 2.45) is 5.92 Å². The third-order valence-electron chi connectivity index (χ3n) is 6.41. The van der Waals surface area contributed by atoms with Crippen molar-refractivity contribution in [1.82, 2.24) is 10.2 Å². The quantitative estimate of drug-likeness (QED) is 0.831. The third kappa shape index (κ3) is 2.77.